The van der Waals surface area contributed by atoms with Crippen LogP contribution >= 0.6 is 10.5 Å². The molecule has 2 atom stereocenters. The van der Waals surface area contributed by atoms with E-state index in [2.05, 4.69) is 24.3 Å². The van der Waals surface area contributed by atoms with Crippen LogP contribution in [0.25, 0.3) is 31.1 Å². The molecule has 0 radical (unpaired) electrons. The number of halogens is 2. The zero-order valence-electron chi connectivity index (χ0n) is 18.2. The van der Waals surface area contributed by atoms with Crippen LogP contribution in [-0.2, 0) is 10.3 Å². The Labute approximate surface area is 197 Å². The fourth-order valence-electron chi connectivity index (χ4n) is 4.68. The van der Waals surface area contributed by atoms with Gasteiger partial charge in [0.1, 0.15) is 11.6 Å². The van der Waals surface area contributed by atoms with E-state index in [0.29, 0.717) is 11.1 Å². The first kappa shape index (κ1) is 20.8. The molecule has 1 aliphatic carbocycles. The van der Waals surface area contributed by atoms with Crippen LogP contribution in [0, 0.1) is 11.6 Å². The molecule has 1 aromatic heterocycles. The van der Waals surface area contributed by atoms with Gasteiger partial charge in [-0.15, -0.1) is 0 Å². The van der Waals surface area contributed by atoms with Crippen molar-refractivity contribution in [3.05, 3.63) is 119 Å². The van der Waals surface area contributed by atoms with Crippen molar-refractivity contribution in [2.24, 2.45) is 0 Å². The van der Waals surface area contributed by atoms with Crippen molar-refractivity contribution in [1.82, 2.24) is 0 Å². The zero-order valence-corrected chi connectivity index (χ0v) is 19.0. The number of hydrogen-bond acceptors (Lipinski definition) is 2. The van der Waals surface area contributed by atoms with Gasteiger partial charge >= 0.3 is 5.97 Å². The van der Waals surface area contributed by atoms with Crippen molar-refractivity contribution in [3.8, 4) is 4.90 Å². The molecule has 5 aromatic rings. The summed E-state index contributed by atoms with van der Waals surface area (Å²) >= 11 is 0. The molecule has 0 N–H and O–H groups in total. The van der Waals surface area contributed by atoms with Gasteiger partial charge in [0.25, 0.3) is 0 Å². The van der Waals surface area contributed by atoms with Crippen molar-refractivity contribution in [3.63, 3.8) is 0 Å². The highest BCUT2D eigenvalue weighted by Gasteiger charge is 2.36. The Morgan fingerprint density at radius 1 is 0.853 bits per heavy atom. The number of fused-ring (bicyclic) bond motifs is 4. The number of hydrogen-bond donors (Lipinski definition) is 0. The van der Waals surface area contributed by atoms with E-state index < -0.39 is 23.2 Å². The van der Waals surface area contributed by atoms with Gasteiger partial charge in [-0.25, -0.2) is 13.6 Å². The van der Waals surface area contributed by atoms with Gasteiger partial charge in [0.15, 0.2) is 19.9 Å². The van der Waals surface area contributed by atoms with Gasteiger partial charge in [0.2, 0.25) is 0 Å². The highest BCUT2D eigenvalue weighted by Crippen LogP contribution is 2.48. The second-order valence-electron chi connectivity index (χ2n) is 8.51. The number of carbonyl (C=O) groups excluding carboxylic acids is 1. The molecular formula is C29H19F2O2S+. The van der Waals surface area contributed by atoms with Crippen LogP contribution in [0.2, 0.25) is 0 Å². The highest BCUT2D eigenvalue weighted by molar-refractivity contribution is 7.50. The largest absolute Gasteiger partial charge is 0.447 e. The van der Waals surface area contributed by atoms with Gasteiger partial charge in [-0.2, -0.15) is 0 Å². The summed E-state index contributed by atoms with van der Waals surface area (Å²) in [6.45, 7) is 1.64. The van der Waals surface area contributed by atoms with Crippen molar-refractivity contribution in [2.75, 3.05) is 0 Å². The number of carbonyl (C=O) groups is 1. The fraction of sp³-hybridized carbons (Fsp3) is 0.0690. The molecule has 0 saturated heterocycles. The molecule has 34 heavy (non-hydrogen) atoms. The minimum absolute atomic E-state index is 0.242. The summed E-state index contributed by atoms with van der Waals surface area (Å²) in [5.74, 6) is -1.92. The monoisotopic (exact) mass is 469 g/mol. The average molecular weight is 470 g/mol. The number of benzene rings is 4. The van der Waals surface area contributed by atoms with Gasteiger partial charge in [-0.3, -0.25) is 0 Å². The van der Waals surface area contributed by atoms with Gasteiger partial charge in [-0.1, -0.05) is 36.4 Å². The van der Waals surface area contributed by atoms with Crippen LogP contribution in [0.4, 0.5) is 8.78 Å². The first-order valence-corrected chi connectivity index (χ1v) is 12.1. The Morgan fingerprint density at radius 3 is 2.41 bits per heavy atom. The number of ether oxygens (including phenoxy) is 1. The SMILES string of the molecule is CC1(OC(=O)c2ccc3c(c2)c2ccccc2[s+]3-c2ccccc2)C=Cc2c(F)cc(F)cc21. The van der Waals surface area contributed by atoms with Crippen LogP contribution in [0.15, 0.2) is 91.0 Å². The quantitative estimate of drug-likeness (QED) is 0.197. The standard InChI is InChI=1S/C29H19F2O2S/c1-29(14-13-22-24(29)16-19(30)17-25(22)31)33-28(32)18-11-12-27-23(15-18)21-9-5-6-10-26(21)34(27)20-7-3-2-4-8-20/h2-17H,1H3/q+1. The molecule has 4 aromatic carbocycles. The Balaban J connectivity index is 1.44. The van der Waals surface area contributed by atoms with Crippen LogP contribution in [0.3, 0.4) is 0 Å². The lowest BCUT2D eigenvalue weighted by atomic mass is 9.97. The summed E-state index contributed by atoms with van der Waals surface area (Å²) < 4.78 is 36.3. The third-order valence-corrected chi connectivity index (χ3v) is 8.65. The van der Waals surface area contributed by atoms with E-state index in [-0.39, 0.29) is 16.0 Å². The maximum Gasteiger partial charge on any atom is 0.339 e. The topological polar surface area (TPSA) is 26.3 Å². The summed E-state index contributed by atoms with van der Waals surface area (Å²) in [7, 11) is -0.256. The van der Waals surface area contributed by atoms with Crippen molar-refractivity contribution < 1.29 is 18.3 Å². The van der Waals surface area contributed by atoms with Crippen LogP contribution in [0.5, 0.6) is 0 Å². The Kier molecular flexibility index (Phi) is 4.64. The third-order valence-electron chi connectivity index (χ3n) is 6.31. The van der Waals surface area contributed by atoms with Crippen LogP contribution in [0.1, 0.15) is 28.4 Å². The molecule has 2 nitrogen and oxygen atoms in total. The minimum Gasteiger partial charge on any atom is -0.447 e. The third kappa shape index (κ3) is 3.16. The molecule has 2 unspecified atom stereocenters. The van der Waals surface area contributed by atoms with Crippen molar-refractivity contribution in [2.45, 2.75) is 12.5 Å². The number of esters is 1. The molecule has 0 fully saturated rings. The van der Waals surface area contributed by atoms with Crippen LogP contribution in [-0.4, -0.2) is 5.97 Å². The maximum atomic E-state index is 14.2. The molecule has 0 bridgehead atoms. The molecular weight excluding hydrogens is 450 g/mol. The normalized spacial score (nSPS) is 17.3. The lowest BCUT2D eigenvalue weighted by Gasteiger charge is -2.25. The molecule has 5 heteroatoms. The van der Waals surface area contributed by atoms with Crippen molar-refractivity contribution >= 4 is 42.7 Å². The number of rotatable bonds is 3. The second-order valence-corrected chi connectivity index (χ2v) is 10.5. The molecule has 0 saturated carbocycles. The zero-order chi connectivity index (χ0) is 23.4. The van der Waals surface area contributed by atoms with E-state index >= 15 is 0 Å². The van der Waals surface area contributed by atoms with Gasteiger partial charge in [-0.05, 0) is 61.5 Å². The second kappa shape index (κ2) is 7.61. The van der Waals surface area contributed by atoms with Gasteiger partial charge < -0.3 is 4.74 Å². The molecule has 0 aliphatic heterocycles. The van der Waals surface area contributed by atoms with Gasteiger partial charge in [0.05, 0.1) is 5.56 Å². The molecule has 0 spiro atoms. The predicted octanol–water partition coefficient (Wildman–Crippen LogP) is 8.11. The molecule has 0 amide bonds. The minimum atomic E-state index is -1.25. The lowest BCUT2D eigenvalue weighted by molar-refractivity contribution is 0.0102. The van der Waals surface area contributed by atoms with E-state index in [1.54, 1.807) is 19.1 Å². The Morgan fingerprint density at radius 2 is 1.59 bits per heavy atom. The first-order valence-electron chi connectivity index (χ1n) is 10.9. The number of thiophene rings is 1. The molecule has 6 rings (SSSR count). The molecule has 166 valence electrons. The van der Waals surface area contributed by atoms with E-state index in [4.69, 9.17) is 4.74 Å². The van der Waals surface area contributed by atoms with Crippen LogP contribution < -0.4 is 0 Å². The fourth-order valence-corrected chi connectivity index (χ4v) is 7.06. The maximum absolute atomic E-state index is 14.2. The summed E-state index contributed by atoms with van der Waals surface area (Å²) in [6, 6.07) is 26.2. The Hall–Kier alpha value is -3.83. The summed E-state index contributed by atoms with van der Waals surface area (Å²) in [4.78, 5) is 14.4. The summed E-state index contributed by atoms with van der Waals surface area (Å²) in [6.07, 6.45) is 3.12. The summed E-state index contributed by atoms with van der Waals surface area (Å²) in [5.41, 5.74) is -0.311. The molecule has 1 heterocycles. The molecule has 1 aliphatic rings. The average Bonchev–Trinajstić information content (AvgIpc) is 3.34. The lowest BCUT2D eigenvalue weighted by Crippen LogP contribution is -2.26. The first-order chi connectivity index (χ1) is 16.4. The van der Waals surface area contributed by atoms with E-state index in [9.17, 15) is 13.6 Å². The Bertz CT molecular complexity index is 1640. The van der Waals surface area contributed by atoms with E-state index in [1.165, 1.54) is 21.7 Å². The highest BCUT2D eigenvalue weighted by atomic mass is 32.2. The summed E-state index contributed by atoms with van der Waals surface area (Å²) in [5, 5.41) is 2.10. The van der Waals surface area contributed by atoms with Gasteiger partial charge in [0, 0.05) is 38.4 Å². The predicted molar refractivity (Wildman–Crippen MR) is 133 cm³/mol. The van der Waals surface area contributed by atoms with Crippen molar-refractivity contribution in [1.29, 1.82) is 0 Å². The smallest absolute Gasteiger partial charge is 0.339 e. The van der Waals surface area contributed by atoms with E-state index in [0.717, 1.165) is 21.5 Å². The van der Waals surface area contributed by atoms with E-state index in [1.807, 2.05) is 42.5 Å².